The van der Waals surface area contributed by atoms with E-state index in [0.717, 1.165) is 21.6 Å². The molecule has 0 fully saturated rings. The Bertz CT molecular complexity index is 408. The Kier molecular flexibility index (Phi) is 2.03. The molecule has 1 heterocycles. The fraction of sp³-hybridized carbons (Fsp3) is 0.111. The van der Waals surface area contributed by atoms with Gasteiger partial charge in [-0.15, -0.1) is 0 Å². The van der Waals surface area contributed by atoms with E-state index in [4.69, 9.17) is 16.0 Å². The van der Waals surface area contributed by atoms with Crippen LogP contribution in [0.3, 0.4) is 0 Å². The number of halogens is 1. The molecule has 0 spiro atoms. The molecule has 0 bridgehead atoms. The monoisotopic (exact) mass is 198 g/mol. The first-order chi connectivity index (χ1) is 5.83. The largest absolute Gasteiger partial charge is 0.464 e. The van der Waals surface area contributed by atoms with Gasteiger partial charge >= 0.3 is 0 Å². The SMILES string of the molecule is SCc1coc2cccc(Cl)c12. The van der Waals surface area contributed by atoms with E-state index in [0.29, 0.717) is 5.75 Å². The number of rotatable bonds is 1. The summed E-state index contributed by atoms with van der Waals surface area (Å²) < 4.78 is 5.29. The Morgan fingerprint density at radius 2 is 2.25 bits per heavy atom. The maximum absolute atomic E-state index is 5.99. The first kappa shape index (κ1) is 8.02. The van der Waals surface area contributed by atoms with Crippen LogP contribution in [0.15, 0.2) is 28.9 Å². The van der Waals surface area contributed by atoms with Gasteiger partial charge in [0.25, 0.3) is 0 Å². The second kappa shape index (κ2) is 3.04. The zero-order valence-electron chi connectivity index (χ0n) is 6.25. The Morgan fingerprint density at radius 3 is 3.00 bits per heavy atom. The number of fused-ring (bicyclic) bond motifs is 1. The van der Waals surface area contributed by atoms with Crippen molar-refractivity contribution in [3.05, 3.63) is 35.0 Å². The van der Waals surface area contributed by atoms with Gasteiger partial charge in [-0.25, -0.2) is 0 Å². The highest BCUT2D eigenvalue weighted by atomic mass is 35.5. The van der Waals surface area contributed by atoms with Crippen molar-refractivity contribution < 1.29 is 4.42 Å². The molecular formula is C9H7ClOS. The van der Waals surface area contributed by atoms with E-state index in [1.165, 1.54) is 0 Å². The molecule has 0 unspecified atom stereocenters. The molecule has 1 aromatic carbocycles. The Labute approximate surface area is 80.7 Å². The molecule has 1 nitrogen and oxygen atoms in total. The first-order valence-corrected chi connectivity index (χ1v) is 4.59. The summed E-state index contributed by atoms with van der Waals surface area (Å²) in [7, 11) is 0. The predicted octanol–water partition coefficient (Wildman–Crippen LogP) is 3.52. The fourth-order valence-corrected chi connectivity index (χ4v) is 1.74. The lowest BCUT2D eigenvalue weighted by Crippen LogP contribution is -1.73. The van der Waals surface area contributed by atoms with Crippen LogP contribution in [0.4, 0.5) is 0 Å². The minimum absolute atomic E-state index is 0.650. The maximum atomic E-state index is 5.99. The topological polar surface area (TPSA) is 13.1 Å². The average molecular weight is 199 g/mol. The van der Waals surface area contributed by atoms with E-state index in [1.54, 1.807) is 6.26 Å². The van der Waals surface area contributed by atoms with Crippen LogP contribution in [0.2, 0.25) is 5.02 Å². The molecule has 2 rings (SSSR count). The summed E-state index contributed by atoms with van der Waals surface area (Å²) in [6, 6.07) is 5.62. The molecule has 0 aliphatic carbocycles. The van der Waals surface area contributed by atoms with Gasteiger partial charge in [0, 0.05) is 16.7 Å². The maximum Gasteiger partial charge on any atom is 0.135 e. The van der Waals surface area contributed by atoms with Gasteiger partial charge in [0.05, 0.1) is 11.3 Å². The highest BCUT2D eigenvalue weighted by Crippen LogP contribution is 2.29. The molecule has 0 atom stereocenters. The molecule has 12 heavy (non-hydrogen) atoms. The van der Waals surface area contributed by atoms with Crippen molar-refractivity contribution in [1.82, 2.24) is 0 Å². The quantitative estimate of drug-likeness (QED) is 0.692. The van der Waals surface area contributed by atoms with Crippen LogP contribution >= 0.6 is 24.2 Å². The molecule has 0 saturated carbocycles. The van der Waals surface area contributed by atoms with E-state index in [9.17, 15) is 0 Å². The van der Waals surface area contributed by atoms with Crippen LogP contribution in [0.5, 0.6) is 0 Å². The van der Waals surface area contributed by atoms with Crippen molar-refractivity contribution in [2.24, 2.45) is 0 Å². The van der Waals surface area contributed by atoms with Crippen LogP contribution in [0.1, 0.15) is 5.56 Å². The summed E-state index contributed by atoms with van der Waals surface area (Å²) >= 11 is 10.2. The molecule has 0 aliphatic heterocycles. The minimum Gasteiger partial charge on any atom is -0.464 e. The average Bonchev–Trinajstić information content (AvgIpc) is 2.49. The van der Waals surface area contributed by atoms with Crippen molar-refractivity contribution >= 4 is 35.2 Å². The van der Waals surface area contributed by atoms with E-state index in [1.807, 2.05) is 18.2 Å². The standard InChI is InChI=1S/C9H7ClOS/c10-7-2-1-3-8-9(7)6(5-12)4-11-8/h1-4,12H,5H2. The van der Waals surface area contributed by atoms with Crippen LogP contribution in [-0.2, 0) is 5.75 Å². The first-order valence-electron chi connectivity index (χ1n) is 3.58. The van der Waals surface area contributed by atoms with Gasteiger partial charge in [0.2, 0.25) is 0 Å². The Hall–Kier alpha value is -0.600. The molecular weight excluding hydrogens is 192 g/mol. The third-order valence-corrected chi connectivity index (χ3v) is 2.45. The zero-order chi connectivity index (χ0) is 8.55. The number of benzene rings is 1. The van der Waals surface area contributed by atoms with Gasteiger partial charge < -0.3 is 4.42 Å². The lowest BCUT2D eigenvalue weighted by atomic mass is 10.2. The highest BCUT2D eigenvalue weighted by Gasteiger charge is 2.06. The summed E-state index contributed by atoms with van der Waals surface area (Å²) in [5.41, 5.74) is 1.87. The van der Waals surface area contributed by atoms with Crippen molar-refractivity contribution in [3.8, 4) is 0 Å². The van der Waals surface area contributed by atoms with Crippen LogP contribution in [0, 0.1) is 0 Å². The number of hydrogen-bond acceptors (Lipinski definition) is 2. The van der Waals surface area contributed by atoms with Gasteiger partial charge in [0.15, 0.2) is 0 Å². The van der Waals surface area contributed by atoms with E-state index in [2.05, 4.69) is 12.6 Å². The highest BCUT2D eigenvalue weighted by molar-refractivity contribution is 7.79. The number of thiol groups is 1. The van der Waals surface area contributed by atoms with Crippen LogP contribution in [0.25, 0.3) is 11.0 Å². The smallest absolute Gasteiger partial charge is 0.135 e. The third kappa shape index (κ3) is 1.11. The van der Waals surface area contributed by atoms with Gasteiger partial charge in [-0.1, -0.05) is 17.7 Å². The normalized spacial score (nSPS) is 10.8. The van der Waals surface area contributed by atoms with Gasteiger partial charge in [-0.05, 0) is 12.1 Å². The second-order valence-electron chi connectivity index (χ2n) is 2.53. The molecule has 0 saturated heterocycles. The molecule has 0 amide bonds. The van der Waals surface area contributed by atoms with Crippen molar-refractivity contribution in [3.63, 3.8) is 0 Å². The Balaban J connectivity index is 2.83. The third-order valence-electron chi connectivity index (χ3n) is 1.79. The zero-order valence-corrected chi connectivity index (χ0v) is 7.90. The molecule has 3 heteroatoms. The molecule has 0 aliphatic rings. The van der Waals surface area contributed by atoms with Gasteiger partial charge in [0.1, 0.15) is 5.58 Å². The number of furan rings is 1. The fourth-order valence-electron chi connectivity index (χ4n) is 1.22. The summed E-state index contributed by atoms with van der Waals surface area (Å²) in [5, 5.41) is 1.71. The molecule has 2 aromatic rings. The second-order valence-corrected chi connectivity index (χ2v) is 3.26. The van der Waals surface area contributed by atoms with Crippen molar-refractivity contribution in [1.29, 1.82) is 0 Å². The van der Waals surface area contributed by atoms with Crippen LogP contribution < -0.4 is 0 Å². The molecule has 0 radical (unpaired) electrons. The molecule has 1 aromatic heterocycles. The molecule has 0 N–H and O–H groups in total. The summed E-state index contributed by atoms with van der Waals surface area (Å²) in [5.74, 6) is 0.650. The lowest BCUT2D eigenvalue weighted by Gasteiger charge is -1.93. The van der Waals surface area contributed by atoms with Crippen molar-refractivity contribution in [2.45, 2.75) is 5.75 Å². The van der Waals surface area contributed by atoms with Gasteiger partial charge in [-0.2, -0.15) is 12.6 Å². The van der Waals surface area contributed by atoms with E-state index in [-0.39, 0.29) is 0 Å². The predicted molar refractivity (Wildman–Crippen MR) is 53.9 cm³/mol. The number of hydrogen-bond donors (Lipinski definition) is 1. The van der Waals surface area contributed by atoms with E-state index >= 15 is 0 Å². The van der Waals surface area contributed by atoms with Crippen LogP contribution in [-0.4, -0.2) is 0 Å². The van der Waals surface area contributed by atoms with Gasteiger partial charge in [-0.3, -0.25) is 0 Å². The van der Waals surface area contributed by atoms with Crippen molar-refractivity contribution in [2.75, 3.05) is 0 Å². The lowest BCUT2D eigenvalue weighted by molar-refractivity contribution is 0.613. The summed E-state index contributed by atoms with van der Waals surface area (Å²) in [6.07, 6.45) is 1.70. The minimum atomic E-state index is 0.650. The molecule has 62 valence electrons. The summed E-state index contributed by atoms with van der Waals surface area (Å²) in [6.45, 7) is 0. The van der Waals surface area contributed by atoms with E-state index < -0.39 is 0 Å². The summed E-state index contributed by atoms with van der Waals surface area (Å²) in [4.78, 5) is 0. The Morgan fingerprint density at radius 1 is 1.42 bits per heavy atom.